The molecule has 0 aliphatic carbocycles. The van der Waals surface area contributed by atoms with Crippen molar-refractivity contribution in [2.45, 2.75) is 0 Å². The van der Waals surface area contributed by atoms with E-state index < -0.39 is 0 Å². The predicted molar refractivity (Wildman–Crippen MR) is 54.5 cm³/mol. The highest BCUT2D eigenvalue weighted by Gasteiger charge is 2.15. The average Bonchev–Trinajstić information content (AvgIpc) is 2.23. The normalized spacial score (nSPS) is 10.6. The van der Waals surface area contributed by atoms with Crippen LogP contribution in [0.15, 0.2) is 18.3 Å². The van der Waals surface area contributed by atoms with Crippen molar-refractivity contribution < 1.29 is 10.2 Å². The van der Waals surface area contributed by atoms with Crippen LogP contribution >= 0.6 is 11.6 Å². The lowest BCUT2D eigenvalue weighted by molar-refractivity contribution is 0.471. The summed E-state index contributed by atoms with van der Waals surface area (Å²) in [5, 5.41) is 19.5. The van der Waals surface area contributed by atoms with E-state index in [-0.39, 0.29) is 27.7 Å². The largest absolute Gasteiger partial charge is 0.505 e. The van der Waals surface area contributed by atoms with Crippen molar-refractivity contribution in [2.24, 2.45) is 0 Å². The number of hydrogen-bond donors (Lipinski definition) is 3. The molecule has 2 rings (SSSR count). The van der Waals surface area contributed by atoms with Crippen molar-refractivity contribution in [3.8, 4) is 11.5 Å². The number of aromatic hydroxyl groups is 2. The van der Waals surface area contributed by atoms with Crippen LogP contribution in [0.5, 0.6) is 11.5 Å². The number of nitrogens with zero attached hydrogens (tertiary/aromatic N) is 1. The lowest BCUT2D eigenvalue weighted by Gasteiger charge is -2.07. The molecule has 0 saturated heterocycles. The molecule has 0 spiro atoms. The summed E-state index contributed by atoms with van der Waals surface area (Å²) < 4.78 is 0. The van der Waals surface area contributed by atoms with Crippen LogP contribution in [0.25, 0.3) is 10.9 Å². The Labute approximate surface area is 84.6 Å². The first-order valence-electron chi connectivity index (χ1n) is 3.86. The minimum atomic E-state index is -0.211. The predicted octanol–water partition coefficient (Wildman–Crippen LogP) is 1.88. The molecule has 0 atom stereocenters. The third kappa shape index (κ3) is 1.04. The zero-order valence-electron chi connectivity index (χ0n) is 7.03. The Hall–Kier alpha value is -1.68. The van der Waals surface area contributed by atoms with Crippen LogP contribution in [0.3, 0.4) is 0 Å². The first kappa shape index (κ1) is 8.90. The first-order chi connectivity index (χ1) is 6.63. The molecule has 1 aromatic heterocycles. The second-order valence-electron chi connectivity index (χ2n) is 2.82. The molecule has 0 fully saturated rings. The number of benzene rings is 1. The number of phenols is 2. The van der Waals surface area contributed by atoms with Gasteiger partial charge in [-0.05, 0) is 12.1 Å². The van der Waals surface area contributed by atoms with E-state index in [1.54, 1.807) is 12.1 Å². The summed E-state index contributed by atoms with van der Waals surface area (Å²) in [5.41, 5.74) is 5.68. The van der Waals surface area contributed by atoms with Crippen LogP contribution in [0, 0.1) is 0 Å². The van der Waals surface area contributed by atoms with Crippen molar-refractivity contribution in [1.82, 2.24) is 4.98 Å². The Morgan fingerprint density at radius 3 is 2.71 bits per heavy atom. The van der Waals surface area contributed by atoms with E-state index in [9.17, 15) is 10.2 Å². The molecule has 4 nitrogen and oxygen atoms in total. The zero-order valence-corrected chi connectivity index (χ0v) is 7.78. The molecule has 2 aromatic rings. The second kappa shape index (κ2) is 2.92. The standard InChI is InChI=1S/C9H7ClN2O2/c10-5-6(11)8(13)4-2-1-3-12-7(4)9(5)14/h1-3,13-14H,11H2. The molecule has 5 heteroatoms. The maximum absolute atomic E-state index is 9.60. The summed E-state index contributed by atoms with van der Waals surface area (Å²) in [6.07, 6.45) is 1.49. The van der Waals surface area contributed by atoms with Gasteiger partial charge >= 0.3 is 0 Å². The summed E-state index contributed by atoms with van der Waals surface area (Å²) >= 11 is 5.69. The summed E-state index contributed by atoms with van der Waals surface area (Å²) in [6.45, 7) is 0. The lowest BCUT2D eigenvalue weighted by Crippen LogP contribution is -1.90. The van der Waals surface area contributed by atoms with Crippen molar-refractivity contribution in [2.75, 3.05) is 5.73 Å². The maximum atomic E-state index is 9.60. The Kier molecular flexibility index (Phi) is 1.86. The van der Waals surface area contributed by atoms with E-state index in [1.807, 2.05) is 0 Å². The molecule has 0 saturated carbocycles. The van der Waals surface area contributed by atoms with Crippen molar-refractivity contribution in [3.05, 3.63) is 23.4 Å². The monoisotopic (exact) mass is 210 g/mol. The van der Waals surface area contributed by atoms with Gasteiger partial charge in [-0.25, -0.2) is 0 Å². The van der Waals surface area contributed by atoms with E-state index in [2.05, 4.69) is 4.98 Å². The van der Waals surface area contributed by atoms with Crippen LogP contribution in [-0.2, 0) is 0 Å². The van der Waals surface area contributed by atoms with Crippen LogP contribution in [0.2, 0.25) is 5.02 Å². The molecule has 14 heavy (non-hydrogen) atoms. The lowest BCUT2D eigenvalue weighted by atomic mass is 10.1. The summed E-state index contributed by atoms with van der Waals surface area (Å²) in [6, 6.07) is 3.24. The van der Waals surface area contributed by atoms with Crippen molar-refractivity contribution >= 4 is 28.2 Å². The number of fused-ring (bicyclic) bond motifs is 1. The van der Waals surface area contributed by atoms with Crippen LogP contribution < -0.4 is 5.73 Å². The van der Waals surface area contributed by atoms with Gasteiger partial charge in [0.25, 0.3) is 0 Å². The second-order valence-corrected chi connectivity index (χ2v) is 3.20. The summed E-state index contributed by atoms with van der Waals surface area (Å²) in [7, 11) is 0. The van der Waals surface area contributed by atoms with Gasteiger partial charge < -0.3 is 15.9 Å². The fourth-order valence-corrected chi connectivity index (χ4v) is 1.44. The summed E-state index contributed by atoms with van der Waals surface area (Å²) in [4.78, 5) is 3.89. The molecule has 72 valence electrons. The average molecular weight is 211 g/mol. The molecule has 0 bridgehead atoms. The Balaban J connectivity index is 3.02. The van der Waals surface area contributed by atoms with Crippen LogP contribution in [0.1, 0.15) is 0 Å². The molecule has 0 amide bonds. The van der Waals surface area contributed by atoms with Gasteiger partial charge in [0.05, 0.1) is 5.69 Å². The zero-order chi connectivity index (χ0) is 10.3. The molecule has 0 aliphatic rings. The molecular formula is C9H7ClN2O2. The van der Waals surface area contributed by atoms with Gasteiger partial charge in [0, 0.05) is 11.6 Å². The molecule has 1 aromatic carbocycles. The topological polar surface area (TPSA) is 79.4 Å². The number of phenolic OH excluding ortho intramolecular Hbond substituents is 2. The molecule has 0 radical (unpaired) electrons. The Morgan fingerprint density at radius 1 is 1.29 bits per heavy atom. The third-order valence-corrected chi connectivity index (χ3v) is 2.37. The van der Waals surface area contributed by atoms with Crippen LogP contribution in [0.4, 0.5) is 5.69 Å². The number of anilines is 1. The molecule has 1 heterocycles. The number of nitrogens with two attached hydrogens (primary N) is 1. The van der Waals surface area contributed by atoms with Crippen molar-refractivity contribution in [1.29, 1.82) is 0 Å². The van der Waals surface area contributed by atoms with Gasteiger partial charge in [0.2, 0.25) is 0 Å². The van der Waals surface area contributed by atoms with E-state index in [0.29, 0.717) is 5.39 Å². The van der Waals surface area contributed by atoms with Gasteiger partial charge in [-0.2, -0.15) is 0 Å². The van der Waals surface area contributed by atoms with E-state index >= 15 is 0 Å². The number of halogens is 1. The smallest absolute Gasteiger partial charge is 0.162 e. The summed E-state index contributed by atoms with van der Waals surface area (Å²) in [5.74, 6) is -0.367. The number of pyridine rings is 1. The van der Waals surface area contributed by atoms with Crippen molar-refractivity contribution in [3.63, 3.8) is 0 Å². The SMILES string of the molecule is Nc1c(Cl)c(O)c2ncccc2c1O. The molecule has 4 N–H and O–H groups in total. The van der Waals surface area contributed by atoms with Gasteiger partial charge in [-0.15, -0.1) is 0 Å². The third-order valence-electron chi connectivity index (χ3n) is 1.99. The molecule has 0 unspecified atom stereocenters. The van der Waals surface area contributed by atoms with Gasteiger partial charge in [-0.1, -0.05) is 11.6 Å². The number of hydrogen-bond acceptors (Lipinski definition) is 4. The Morgan fingerprint density at radius 2 is 2.00 bits per heavy atom. The van der Waals surface area contributed by atoms with Gasteiger partial charge in [-0.3, -0.25) is 4.98 Å². The van der Waals surface area contributed by atoms with Crippen LogP contribution in [-0.4, -0.2) is 15.2 Å². The molecule has 0 aliphatic heterocycles. The van der Waals surface area contributed by atoms with E-state index in [0.717, 1.165) is 0 Å². The van der Waals surface area contributed by atoms with E-state index in [1.165, 1.54) is 6.20 Å². The number of rotatable bonds is 0. The molecular weight excluding hydrogens is 204 g/mol. The highest BCUT2D eigenvalue weighted by Crippen LogP contribution is 2.43. The highest BCUT2D eigenvalue weighted by molar-refractivity contribution is 6.36. The van der Waals surface area contributed by atoms with Gasteiger partial charge in [0.1, 0.15) is 16.3 Å². The Bertz CT molecular complexity index is 467. The van der Waals surface area contributed by atoms with E-state index in [4.69, 9.17) is 17.3 Å². The minimum absolute atomic E-state index is 0.0373. The maximum Gasteiger partial charge on any atom is 0.162 e. The minimum Gasteiger partial charge on any atom is -0.505 e. The fourth-order valence-electron chi connectivity index (χ4n) is 1.27. The number of nitrogen functional groups attached to an aromatic ring is 1. The quantitative estimate of drug-likeness (QED) is 0.352. The van der Waals surface area contributed by atoms with Gasteiger partial charge in [0.15, 0.2) is 5.75 Å². The first-order valence-corrected chi connectivity index (χ1v) is 4.24. The fraction of sp³-hybridized carbons (Fsp3) is 0. The number of aromatic nitrogens is 1. The highest BCUT2D eigenvalue weighted by atomic mass is 35.5.